The minimum absolute atomic E-state index is 0.369. The van der Waals surface area contributed by atoms with Crippen molar-refractivity contribution in [1.82, 2.24) is 15.3 Å². The second-order valence-electron chi connectivity index (χ2n) is 6.12. The second-order valence-corrected chi connectivity index (χ2v) is 6.12. The maximum atomic E-state index is 12.8. The zero-order chi connectivity index (χ0) is 18.4. The first-order chi connectivity index (χ1) is 12.7. The topological polar surface area (TPSA) is 108 Å². The van der Waals surface area contributed by atoms with E-state index < -0.39 is 12.1 Å². The molecule has 0 radical (unpaired) electrons. The number of amides is 1. The summed E-state index contributed by atoms with van der Waals surface area (Å²) in [5.74, 6) is 0.495. The Bertz CT molecular complexity index is 818. The Morgan fingerprint density at radius 2 is 2.04 bits per heavy atom. The van der Waals surface area contributed by atoms with Gasteiger partial charge in [0, 0.05) is 17.8 Å². The van der Waals surface area contributed by atoms with Gasteiger partial charge >= 0.3 is 0 Å². The van der Waals surface area contributed by atoms with Gasteiger partial charge in [-0.3, -0.25) is 4.79 Å². The van der Waals surface area contributed by atoms with Crippen molar-refractivity contribution in [3.05, 3.63) is 42.1 Å². The minimum Gasteiger partial charge on any atom is -0.478 e. The highest BCUT2D eigenvalue weighted by Crippen LogP contribution is 2.23. The molecule has 1 aliphatic rings. The van der Waals surface area contributed by atoms with Gasteiger partial charge in [0.05, 0.1) is 24.3 Å². The molecule has 7 heteroatoms. The van der Waals surface area contributed by atoms with E-state index in [1.165, 1.54) is 0 Å². The van der Waals surface area contributed by atoms with Crippen molar-refractivity contribution in [2.45, 2.75) is 37.8 Å². The molecule has 0 saturated carbocycles. The number of carbonyl (C=O) groups is 1. The maximum Gasteiger partial charge on any atom is 0.252 e. The van der Waals surface area contributed by atoms with Crippen LogP contribution in [0.15, 0.2) is 36.5 Å². The van der Waals surface area contributed by atoms with E-state index in [0.717, 1.165) is 19.3 Å². The number of nitriles is 1. The first-order valence-electron chi connectivity index (χ1n) is 8.63. The number of aromatic nitrogens is 2. The molecule has 1 aromatic carbocycles. The van der Waals surface area contributed by atoms with Crippen LogP contribution in [0.5, 0.6) is 5.88 Å². The lowest BCUT2D eigenvalue weighted by Gasteiger charge is -2.21. The fourth-order valence-corrected chi connectivity index (χ4v) is 2.89. The summed E-state index contributed by atoms with van der Waals surface area (Å²) >= 11 is 0. The van der Waals surface area contributed by atoms with Crippen molar-refractivity contribution in [2.75, 3.05) is 6.61 Å². The minimum atomic E-state index is -1.25. The summed E-state index contributed by atoms with van der Waals surface area (Å²) in [6, 6.07) is 9.85. The zero-order valence-electron chi connectivity index (χ0n) is 14.3. The third kappa shape index (κ3) is 4.16. The molecule has 7 nitrogen and oxygen atoms in total. The van der Waals surface area contributed by atoms with Gasteiger partial charge < -0.3 is 15.2 Å². The molecule has 0 aliphatic carbocycles. The highest BCUT2D eigenvalue weighted by molar-refractivity contribution is 6.00. The van der Waals surface area contributed by atoms with Crippen LogP contribution >= 0.6 is 0 Å². The Hall–Kier alpha value is -2.98. The van der Waals surface area contributed by atoms with Crippen LogP contribution in [0.1, 0.15) is 36.0 Å². The van der Waals surface area contributed by atoms with Gasteiger partial charge in [0.15, 0.2) is 11.9 Å². The summed E-state index contributed by atoms with van der Waals surface area (Å²) in [4.78, 5) is 21.4. The van der Waals surface area contributed by atoms with Crippen LogP contribution in [0, 0.1) is 11.3 Å². The number of hydrogen-bond acceptors (Lipinski definition) is 6. The van der Waals surface area contributed by atoms with Crippen molar-refractivity contribution in [3.63, 3.8) is 0 Å². The molecular weight excluding hydrogens is 332 g/mol. The number of hydrogen-bond donors (Lipinski definition) is 2. The fourth-order valence-electron chi connectivity index (χ4n) is 2.89. The molecule has 2 atom stereocenters. The standard InChI is InChI=1S/C19H20N4O3/c20-12-16(24)15-8-2-1-5-11-26-17-9-10-21-18(23-17)13-6-3-4-7-14(13)19(25)22-15/h3-4,6-7,9-10,15-16,24H,1-2,5,8,11H2,(H,22,25)/t15-,16?/m0/s1. The van der Waals surface area contributed by atoms with E-state index in [-0.39, 0.29) is 5.91 Å². The average molecular weight is 352 g/mol. The molecular formula is C19H20N4O3. The number of nitrogens with zero attached hydrogens (tertiary/aromatic N) is 3. The molecule has 3 rings (SSSR count). The Balaban J connectivity index is 1.99. The van der Waals surface area contributed by atoms with E-state index in [0.29, 0.717) is 35.9 Å². The molecule has 1 unspecified atom stereocenters. The third-order valence-corrected chi connectivity index (χ3v) is 4.28. The monoisotopic (exact) mass is 352 g/mol. The summed E-state index contributed by atoms with van der Waals surface area (Å²) in [6.45, 7) is 0.524. The van der Waals surface area contributed by atoms with Crippen molar-refractivity contribution < 1.29 is 14.6 Å². The molecule has 1 aliphatic heterocycles. The van der Waals surface area contributed by atoms with Gasteiger partial charge in [0.25, 0.3) is 5.91 Å². The van der Waals surface area contributed by atoms with Gasteiger partial charge in [0.1, 0.15) is 0 Å². The molecule has 2 bridgehead atoms. The average Bonchev–Trinajstić information content (AvgIpc) is 2.68. The van der Waals surface area contributed by atoms with Gasteiger partial charge in [-0.25, -0.2) is 4.98 Å². The summed E-state index contributed by atoms with van der Waals surface area (Å²) in [7, 11) is 0. The van der Waals surface area contributed by atoms with Crippen LogP contribution < -0.4 is 10.1 Å². The van der Waals surface area contributed by atoms with Gasteiger partial charge in [-0.1, -0.05) is 24.6 Å². The van der Waals surface area contributed by atoms with Crippen molar-refractivity contribution >= 4 is 5.91 Å². The number of aliphatic hydroxyl groups is 1. The second kappa shape index (κ2) is 8.41. The van der Waals surface area contributed by atoms with Crippen molar-refractivity contribution in [1.29, 1.82) is 5.26 Å². The fraction of sp³-hybridized carbons (Fsp3) is 0.368. The third-order valence-electron chi connectivity index (χ3n) is 4.28. The van der Waals surface area contributed by atoms with E-state index in [1.54, 1.807) is 36.5 Å². The Kier molecular flexibility index (Phi) is 5.77. The highest BCUT2D eigenvalue weighted by Gasteiger charge is 2.23. The van der Waals surface area contributed by atoms with Crippen LogP contribution in [0.4, 0.5) is 0 Å². The number of benzene rings is 1. The largest absolute Gasteiger partial charge is 0.478 e. The summed E-state index contributed by atoms with van der Waals surface area (Å²) in [5, 5.41) is 21.8. The van der Waals surface area contributed by atoms with Crippen LogP contribution in [-0.4, -0.2) is 39.7 Å². The molecule has 0 fully saturated rings. The molecule has 0 saturated heterocycles. The predicted octanol–water partition coefficient (Wildman–Crippen LogP) is 2.08. The van der Waals surface area contributed by atoms with Crippen LogP contribution in [0.3, 0.4) is 0 Å². The SMILES string of the molecule is N#CC(O)[C@@H]1CCCCCOc2ccnc(n2)-c2ccccc2C(=O)N1. The first-order valence-corrected chi connectivity index (χ1v) is 8.63. The van der Waals surface area contributed by atoms with E-state index >= 15 is 0 Å². The van der Waals surface area contributed by atoms with Crippen molar-refractivity contribution in [2.24, 2.45) is 0 Å². The van der Waals surface area contributed by atoms with E-state index in [1.807, 2.05) is 6.07 Å². The number of aliphatic hydroxyl groups excluding tert-OH is 1. The lowest BCUT2D eigenvalue weighted by Crippen LogP contribution is -2.43. The number of rotatable bonds is 1. The lowest BCUT2D eigenvalue weighted by molar-refractivity contribution is 0.0881. The summed E-state index contributed by atoms with van der Waals surface area (Å²) < 4.78 is 5.68. The van der Waals surface area contributed by atoms with Gasteiger partial charge in [-0.2, -0.15) is 10.2 Å². The molecule has 0 spiro atoms. The van der Waals surface area contributed by atoms with Gasteiger partial charge in [-0.15, -0.1) is 0 Å². The lowest BCUT2D eigenvalue weighted by atomic mass is 10.0. The molecule has 2 heterocycles. The number of fused-ring (bicyclic) bond motifs is 4. The number of carbonyl (C=O) groups excluding carboxylic acids is 1. The first kappa shape index (κ1) is 17.8. The Morgan fingerprint density at radius 1 is 1.23 bits per heavy atom. The van der Waals surface area contributed by atoms with Crippen molar-refractivity contribution in [3.8, 4) is 23.3 Å². The smallest absolute Gasteiger partial charge is 0.252 e. The molecule has 2 aromatic rings. The normalized spacial score (nSPS) is 19.1. The maximum absolute atomic E-state index is 12.8. The van der Waals surface area contributed by atoms with E-state index in [9.17, 15) is 9.90 Å². The number of nitrogens with one attached hydrogen (secondary N) is 1. The highest BCUT2D eigenvalue weighted by atomic mass is 16.5. The Labute approximate surface area is 151 Å². The van der Waals surface area contributed by atoms with Gasteiger partial charge in [0.2, 0.25) is 5.88 Å². The molecule has 2 N–H and O–H groups in total. The molecule has 1 amide bonds. The van der Waals surface area contributed by atoms with Crippen LogP contribution in [0.25, 0.3) is 11.4 Å². The number of ether oxygens (including phenoxy) is 1. The van der Waals surface area contributed by atoms with E-state index in [4.69, 9.17) is 10.00 Å². The summed E-state index contributed by atoms with van der Waals surface area (Å²) in [6.07, 6.45) is 3.31. The van der Waals surface area contributed by atoms with Gasteiger partial charge in [-0.05, 0) is 25.3 Å². The molecule has 1 aromatic heterocycles. The predicted molar refractivity (Wildman–Crippen MR) is 94.3 cm³/mol. The quantitative estimate of drug-likeness (QED) is 0.761. The summed E-state index contributed by atoms with van der Waals surface area (Å²) in [5.41, 5.74) is 0.953. The van der Waals surface area contributed by atoms with Crippen LogP contribution in [0.2, 0.25) is 0 Å². The van der Waals surface area contributed by atoms with E-state index in [2.05, 4.69) is 15.3 Å². The molecule has 134 valence electrons. The van der Waals surface area contributed by atoms with Crippen LogP contribution in [-0.2, 0) is 0 Å². The zero-order valence-corrected chi connectivity index (χ0v) is 14.3. The Morgan fingerprint density at radius 3 is 2.85 bits per heavy atom. The molecule has 26 heavy (non-hydrogen) atoms.